The molecule has 13 aromatic rings. The zero-order valence-corrected chi connectivity index (χ0v) is 36.0. The van der Waals surface area contributed by atoms with Gasteiger partial charge in [-0.25, -0.2) is 0 Å². The first-order valence-corrected chi connectivity index (χ1v) is 23.4. The van der Waals surface area contributed by atoms with E-state index in [2.05, 4.69) is 64.4 Å². The number of furan rings is 2. The molecule has 2 aliphatic rings. The number of para-hydroxylation sites is 2. The van der Waals surface area contributed by atoms with E-state index < -0.39 is 0 Å². The van der Waals surface area contributed by atoms with E-state index in [1.807, 2.05) is 120 Å². The standard InChI is InChI=1S/C58H33BN2O2S2/c1-3-12-34(13-4-1)40-30-36-26-28-64-52(36)32-46(40)60-44-18-11-19-45-56(44)59(42-22-24-50-54(57(42)60)38-16-7-9-20-48(38)62-50)43-23-25-51-55(39-17-8-10-21-49(39)63-51)58(43)61(45)47-33-53-37(27-29-65-53)31-41(47)35-14-5-2-6-15-35/h1-33H/i30D,31D,32D,33D. The minimum Gasteiger partial charge on any atom is -0.456 e. The van der Waals surface area contributed by atoms with E-state index in [0.717, 1.165) is 114 Å². The minimum atomic E-state index is -0.351. The van der Waals surface area contributed by atoms with Crippen LogP contribution in [0.1, 0.15) is 5.48 Å². The van der Waals surface area contributed by atoms with Gasteiger partial charge in [0, 0.05) is 42.7 Å². The molecule has 0 atom stereocenters. The summed E-state index contributed by atoms with van der Waals surface area (Å²) in [5.41, 5.74) is 13.7. The molecule has 7 heteroatoms. The zero-order valence-electron chi connectivity index (χ0n) is 38.3. The second-order valence-electron chi connectivity index (χ2n) is 16.8. The van der Waals surface area contributed by atoms with Gasteiger partial charge >= 0.3 is 0 Å². The lowest BCUT2D eigenvalue weighted by Crippen LogP contribution is -2.61. The number of hydrogen-bond donors (Lipinski definition) is 0. The molecule has 0 aliphatic carbocycles. The number of anilines is 6. The Labute approximate surface area is 387 Å². The van der Waals surface area contributed by atoms with Crippen LogP contribution >= 0.6 is 22.7 Å². The van der Waals surface area contributed by atoms with Crippen LogP contribution in [0.2, 0.25) is 0 Å². The Morgan fingerprint density at radius 2 is 0.877 bits per heavy atom. The van der Waals surface area contributed by atoms with Crippen molar-refractivity contribution in [3.63, 3.8) is 0 Å². The SMILES string of the molecule is [2H]c1c(-c2ccccc2)c(N2c3cccc4c3B(c3ccc5oc6ccccc6c5c32)c2ccc3oc5ccccc5c3c2N4c2c(-c3ccccc3)c([2H])c3ccsc3c2[2H])c([2H])c2sccc12. The van der Waals surface area contributed by atoms with Crippen LogP contribution in [-0.2, 0) is 0 Å². The maximum Gasteiger partial charge on any atom is 0.252 e. The molecule has 0 bridgehead atoms. The fourth-order valence-corrected chi connectivity index (χ4v) is 12.2. The molecule has 0 radical (unpaired) electrons. The summed E-state index contributed by atoms with van der Waals surface area (Å²) < 4.78 is 55.6. The van der Waals surface area contributed by atoms with Gasteiger partial charge in [-0.2, -0.15) is 0 Å². The molecule has 65 heavy (non-hydrogen) atoms. The Hall–Kier alpha value is -7.84. The molecule has 0 spiro atoms. The lowest BCUT2D eigenvalue weighted by molar-refractivity contribution is 0.668. The first kappa shape index (κ1) is 31.9. The predicted molar refractivity (Wildman–Crippen MR) is 277 cm³/mol. The van der Waals surface area contributed by atoms with Crippen molar-refractivity contribution in [2.45, 2.75) is 0 Å². The van der Waals surface area contributed by atoms with Crippen molar-refractivity contribution in [2.24, 2.45) is 0 Å². The molecule has 4 aromatic heterocycles. The Kier molecular flexibility index (Phi) is 6.55. The summed E-state index contributed by atoms with van der Waals surface area (Å²) in [5.74, 6) is 0. The van der Waals surface area contributed by atoms with E-state index in [-0.39, 0.29) is 6.71 Å². The van der Waals surface area contributed by atoms with Gasteiger partial charge in [0.2, 0.25) is 0 Å². The summed E-state index contributed by atoms with van der Waals surface area (Å²) in [6.45, 7) is -0.351. The van der Waals surface area contributed by atoms with Crippen LogP contribution in [0.5, 0.6) is 0 Å². The molecule has 4 nitrogen and oxygen atoms in total. The van der Waals surface area contributed by atoms with E-state index in [0.29, 0.717) is 46.7 Å². The third-order valence-corrected chi connectivity index (χ3v) is 15.0. The molecule has 15 rings (SSSR count). The van der Waals surface area contributed by atoms with Crippen LogP contribution in [0.15, 0.2) is 208 Å². The number of benzene rings is 9. The number of nitrogens with zero attached hydrogens (tertiary/aromatic N) is 2. The molecule has 0 N–H and O–H groups in total. The van der Waals surface area contributed by atoms with Crippen LogP contribution in [0.25, 0.3) is 86.3 Å². The molecule has 0 amide bonds. The highest BCUT2D eigenvalue weighted by Crippen LogP contribution is 2.53. The van der Waals surface area contributed by atoms with Crippen LogP contribution < -0.4 is 26.2 Å². The van der Waals surface area contributed by atoms with Gasteiger partial charge in [0.25, 0.3) is 6.71 Å². The van der Waals surface area contributed by atoms with Crippen molar-refractivity contribution in [3.05, 3.63) is 199 Å². The van der Waals surface area contributed by atoms with Crippen molar-refractivity contribution in [2.75, 3.05) is 9.80 Å². The smallest absolute Gasteiger partial charge is 0.252 e. The van der Waals surface area contributed by atoms with Gasteiger partial charge in [-0.05, 0) is 122 Å². The predicted octanol–water partition coefficient (Wildman–Crippen LogP) is 15.3. The Bertz CT molecular complexity index is 4080. The van der Waals surface area contributed by atoms with E-state index >= 15 is 0 Å². The third-order valence-electron chi connectivity index (χ3n) is 13.4. The van der Waals surface area contributed by atoms with Crippen molar-refractivity contribution in [3.8, 4) is 22.3 Å². The second kappa shape index (κ2) is 13.3. The first-order chi connectivity index (χ1) is 34.0. The fourth-order valence-electron chi connectivity index (χ4n) is 10.7. The van der Waals surface area contributed by atoms with Gasteiger partial charge in [-0.15, -0.1) is 22.7 Å². The highest BCUT2D eigenvalue weighted by molar-refractivity contribution is 7.17. The van der Waals surface area contributed by atoms with Gasteiger partial charge in [0.05, 0.1) is 39.0 Å². The van der Waals surface area contributed by atoms with Crippen LogP contribution in [0.4, 0.5) is 34.1 Å². The number of rotatable bonds is 4. The monoisotopic (exact) mass is 868 g/mol. The molecular weight excluding hydrogens is 832 g/mol. The molecule has 2 aliphatic heterocycles. The van der Waals surface area contributed by atoms with Crippen LogP contribution in [-0.4, -0.2) is 6.71 Å². The van der Waals surface area contributed by atoms with E-state index in [1.54, 1.807) is 0 Å². The van der Waals surface area contributed by atoms with E-state index in [9.17, 15) is 5.48 Å². The van der Waals surface area contributed by atoms with Gasteiger partial charge in [0.15, 0.2) is 0 Å². The Balaban J connectivity index is 1.16. The second-order valence-corrected chi connectivity index (χ2v) is 18.6. The van der Waals surface area contributed by atoms with Crippen LogP contribution in [0, 0.1) is 0 Å². The fraction of sp³-hybridized carbons (Fsp3) is 0. The summed E-state index contributed by atoms with van der Waals surface area (Å²) in [5, 5.41) is 9.21. The number of fused-ring (bicyclic) bond motifs is 14. The molecular formula is C58H33BN2O2S2. The average Bonchev–Trinajstić information content (AvgIpc) is 4.22. The normalized spacial score (nSPS) is 14.0. The van der Waals surface area contributed by atoms with Crippen LogP contribution in [0.3, 0.4) is 0 Å². The topological polar surface area (TPSA) is 32.8 Å². The van der Waals surface area contributed by atoms with Crippen molar-refractivity contribution in [1.82, 2.24) is 0 Å². The van der Waals surface area contributed by atoms with Crippen molar-refractivity contribution in [1.29, 1.82) is 0 Å². The molecule has 0 saturated carbocycles. The molecule has 302 valence electrons. The largest absolute Gasteiger partial charge is 0.456 e. The maximum absolute atomic E-state index is 10.3. The average molecular weight is 869 g/mol. The number of thiophene rings is 2. The van der Waals surface area contributed by atoms with Gasteiger partial charge in [-0.1, -0.05) is 115 Å². The zero-order chi connectivity index (χ0) is 45.8. The summed E-state index contributed by atoms with van der Waals surface area (Å²) in [7, 11) is 0. The van der Waals surface area contributed by atoms with Gasteiger partial charge < -0.3 is 18.6 Å². The third kappa shape index (κ3) is 4.97. The first-order valence-electron chi connectivity index (χ1n) is 23.7. The lowest BCUT2D eigenvalue weighted by Gasteiger charge is -2.45. The molecule has 6 heterocycles. The van der Waals surface area contributed by atoms with Crippen molar-refractivity contribution < 1.29 is 14.3 Å². The molecule has 0 fully saturated rings. The quantitative estimate of drug-likeness (QED) is 0.165. The summed E-state index contributed by atoms with van der Waals surface area (Å²) in [4.78, 5) is 4.51. The molecule has 0 unspecified atom stereocenters. The lowest BCUT2D eigenvalue weighted by atomic mass is 9.33. The Morgan fingerprint density at radius 3 is 1.37 bits per heavy atom. The molecule has 0 saturated heterocycles. The maximum atomic E-state index is 10.3. The van der Waals surface area contributed by atoms with E-state index in [1.165, 1.54) is 22.7 Å². The van der Waals surface area contributed by atoms with Gasteiger partial charge in [0.1, 0.15) is 22.3 Å². The van der Waals surface area contributed by atoms with Crippen molar-refractivity contribution >= 4 is 144 Å². The minimum absolute atomic E-state index is 0.336. The summed E-state index contributed by atoms with van der Waals surface area (Å²) >= 11 is 2.98. The number of hydrogen-bond acceptors (Lipinski definition) is 6. The highest BCUT2D eigenvalue weighted by atomic mass is 32.1. The molecule has 9 aromatic carbocycles. The van der Waals surface area contributed by atoms with E-state index in [4.69, 9.17) is 8.83 Å². The summed E-state index contributed by atoms with van der Waals surface area (Å²) in [6.07, 6.45) is 0. The van der Waals surface area contributed by atoms with Gasteiger partial charge in [-0.3, -0.25) is 0 Å². The summed E-state index contributed by atoms with van der Waals surface area (Å²) in [6, 6.07) is 56.7. The highest BCUT2D eigenvalue weighted by Gasteiger charge is 2.46. The Morgan fingerprint density at radius 1 is 0.415 bits per heavy atom.